The summed E-state index contributed by atoms with van der Waals surface area (Å²) in [5.74, 6) is 0.867. The molecule has 2 aliphatic heterocycles. The number of hydrazone groups is 1. The molecule has 0 aromatic heterocycles. The van der Waals surface area contributed by atoms with Crippen LogP contribution in [0.3, 0.4) is 0 Å². The summed E-state index contributed by atoms with van der Waals surface area (Å²) in [5.41, 5.74) is 3.98. The number of piperazine rings is 1. The van der Waals surface area contributed by atoms with Crippen molar-refractivity contribution in [3.05, 3.63) is 72.7 Å². The molecule has 3 rings (SSSR count). The van der Waals surface area contributed by atoms with Gasteiger partial charge >= 0.3 is 0 Å². The van der Waals surface area contributed by atoms with Crippen molar-refractivity contribution in [1.29, 1.82) is 0 Å². The number of nitrogens with zero attached hydrogens (tertiary/aromatic N) is 7. The quantitative estimate of drug-likeness (QED) is 0.413. The number of benzene rings is 1. The molecule has 0 radical (unpaired) electrons. The van der Waals surface area contributed by atoms with Crippen molar-refractivity contribution >= 4 is 12.6 Å². The van der Waals surface area contributed by atoms with Crippen LogP contribution in [0.15, 0.2) is 77.3 Å². The summed E-state index contributed by atoms with van der Waals surface area (Å²) < 4.78 is 0. The zero-order valence-corrected chi connectivity index (χ0v) is 24.1. The van der Waals surface area contributed by atoms with Crippen LogP contribution in [-0.2, 0) is 6.54 Å². The molecule has 0 aliphatic carbocycles. The lowest BCUT2D eigenvalue weighted by atomic mass is 10.1. The van der Waals surface area contributed by atoms with Crippen molar-refractivity contribution in [2.75, 3.05) is 54.0 Å². The maximum atomic E-state index is 4.80. The van der Waals surface area contributed by atoms with Gasteiger partial charge in [0.2, 0.25) is 0 Å². The van der Waals surface area contributed by atoms with Crippen LogP contribution in [0.25, 0.3) is 0 Å². The third kappa shape index (κ3) is 8.07. The summed E-state index contributed by atoms with van der Waals surface area (Å²) in [4.78, 5) is 13.9. The molecule has 2 aliphatic rings. The van der Waals surface area contributed by atoms with Gasteiger partial charge in [0.05, 0.1) is 12.4 Å². The van der Waals surface area contributed by atoms with Gasteiger partial charge in [-0.15, -0.1) is 13.2 Å². The summed E-state index contributed by atoms with van der Waals surface area (Å²) in [5, 5.41) is 6.59. The smallest absolute Gasteiger partial charge is 0.174 e. The van der Waals surface area contributed by atoms with Crippen LogP contribution < -0.4 is 0 Å². The molecule has 200 valence electrons. The molecular formula is C29H49N7. The van der Waals surface area contributed by atoms with Crippen LogP contribution in [0.5, 0.6) is 0 Å². The molecule has 7 nitrogen and oxygen atoms in total. The Morgan fingerprint density at radius 3 is 2.03 bits per heavy atom. The number of rotatable bonds is 6. The summed E-state index contributed by atoms with van der Waals surface area (Å²) in [6, 6.07) is 10.6. The first-order valence-corrected chi connectivity index (χ1v) is 12.8. The minimum absolute atomic E-state index is 0.203. The Kier molecular flexibility index (Phi) is 12.6. The van der Waals surface area contributed by atoms with E-state index < -0.39 is 0 Å². The zero-order chi connectivity index (χ0) is 27.5. The van der Waals surface area contributed by atoms with Gasteiger partial charge in [-0.3, -0.25) is 19.8 Å². The van der Waals surface area contributed by atoms with Crippen LogP contribution >= 0.6 is 0 Å². The molecule has 0 amide bonds. The number of aliphatic imine (C=N–C) groups is 1. The van der Waals surface area contributed by atoms with E-state index in [1.54, 1.807) is 5.01 Å². The van der Waals surface area contributed by atoms with E-state index in [-0.39, 0.29) is 5.54 Å². The van der Waals surface area contributed by atoms with Crippen molar-refractivity contribution in [3.63, 3.8) is 0 Å². The molecule has 0 atom stereocenters. The summed E-state index contributed by atoms with van der Waals surface area (Å²) >= 11 is 0. The molecular weight excluding hydrogens is 446 g/mol. The molecule has 36 heavy (non-hydrogen) atoms. The van der Waals surface area contributed by atoms with Crippen molar-refractivity contribution in [1.82, 2.24) is 24.6 Å². The van der Waals surface area contributed by atoms with Gasteiger partial charge in [-0.1, -0.05) is 50.8 Å². The van der Waals surface area contributed by atoms with Crippen molar-refractivity contribution in [2.45, 2.75) is 46.7 Å². The van der Waals surface area contributed by atoms with Crippen LogP contribution in [0, 0.1) is 0 Å². The average molecular weight is 496 g/mol. The number of hydrogen-bond donors (Lipinski definition) is 0. The van der Waals surface area contributed by atoms with E-state index >= 15 is 0 Å². The fourth-order valence-corrected chi connectivity index (χ4v) is 4.21. The predicted octanol–water partition coefficient (Wildman–Crippen LogP) is 4.94. The average Bonchev–Trinajstić information content (AvgIpc) is 2.87. The van der Waals surface area contributed by atoms with Crippen molar-refractivity contribution < 1.29 is 0 Å². The first kappa shape index (κ1) is 31.1. The first-order chi connectivity index (χ1) is 17.1. The standard InChI is InChI=1S/C25H39N7.C2H6.C2H4/c1-20-22(26-5)23(24(28(6)7)27-29(20)8)31(18-21-12-10-9-11-13-21)19-30-14-16-32(17-15-30)25(2,3)4;2*1-2/h9-13H,1,5,14-19H2,2-4,6-8H3;1-2H3;1-2H2. The first-order valence-electron chi connectivity index (χ1n) is 12.8. The molecule has 0 spiro atoms. The topological polar surface area (TPSA) is 40.9 Å². The lowest BCUT2D eigenvalue weighted by Crippen LogP contribution is -2.55. The van der Waals surface area contributed by atoms with Crippen molar-refractivity contribution in [2.24, 2.45) is 10.1 Å². The molecule has 0 saturated carbocycles. The third-order valence-corrected chi connectivity index (χ3v) is 6.15. The highest BCUT2D eigenvalue weighted by molar-refractivity contribution is 5.99. The monoisotopic (exact) mass is 495 g/mol. The minimum Gasteiger partial charge on any atom is -0.360 e. The van der Waals surface area contributed by atoms with Gasteiger partial charge in [0.15, 0.2) is 5.84 Å². The SMILES string of the molecule is C=C.C=NC1=C(N(Cc2ccccc2)CN2CCN(C(C)(C)C)CC2)C(N(C)C)=NN(C)C1=C.CC. The Morgan fingerprint density at radius 1 is 1.00 bits per heavy atom. The Hall–Kier alpha value is -2.90. The van der Waals surface area contributed by atoms with Gasteiger partial charge in [0, 0.05) is 59.4 Å². The van der Waals surface area contributed by atoms with Crippen LogP contribution in [0.4, 0.5) is 0 Å². The maximum absolute atomic E-state index is 4.80. The highest BCUT2D eigenvalue weighted by Gasteiger charge is 2.32. The molecule has 0 N–H and O–H groups in total. The molecule has 1 fully saturated rings. The van der Waals surface area contributed by atoms with Gasteiger partial charge in [0.1, 0.15) is 11.4 Å². The molecule has 7 heteroatoms. The highest BCUT2D eigenvalue weighted by atomic mass is 15.5. The van der Waals surface area contributed by atoms with Crippen LogP contribution in [-0.4, -0.2) is 96.7 Å². The summed E-state index contributed by atoms with van der Waals surface area (Å²) in [6.07, 6.45) is 0. The van der Waals surface area contributed by atoms with Gasteiger partial charge in [-0.25, -0.2) is 0 Å². The van der Waals surface area contributed by atoms with Crippen molar-refractivity contribution in [3.8, 4) is 0 Å². The second-order valence-corrected chi connectivity index (χ2v) is 9.74. The summed E-state index contributed by atoms with van der Waals surface area (Å²) in [7, 11) is 5.94. The van der Waals surface area contributed by atoms with Crippen LogP contribution in [0.2, 0.25) is 0 Å². The molecule has 1 aromatic carbocycles. The van der Waals surface area contributed by atoms with E-state index in [1.165, 1.54) is 5.56 Å². The predicted molar refractivity (Wildman–Crippen MR) is 157 cm³/mol. The summed E-state index contributed by atoms with van der Waals surface area (Å²) in [6.45, 7) is 30.7. The van der Waals surface area contributed by atoms with E-state index in [1.807, 2.05) is 39.9 Å². The fourth-order valence-electron chi connectivity index (χ4n) is 4.21. The van der Waals surface area contributed by atoms with E-state index in [4.69, 9.17) is 5.10 Å². The Labute approximate surface area is 220 Å². The third-order valence-electron chi connectivity index (χ3n) is 6.15. The maximum Gasteiger partial charge on any atom is 0.174 e. The lowest BCUT2D eigenvalue weighted by Gasteiger charge is -2.44. The fraction of sp³-hybridized carbons (Fsp3) is 0.517. The Morgan fingerprint density at radius 2 is 1.56 bits per heavy atom. The second-order valence-electron chi connectivity index (χ2n) is 9.74. The van der Waals surface area contributed by atoms with Gasteiger partial charge in [0.25, 0.3) is 0 Å². The highest BCUT2D eigenvalue weighted by Crippen LogP contribution is 2.29. The largest absolute Gasteiger partial charge is 0.360 e. The van der Waals surface area contributed by atoms with Gasteiger partial charge < -0.3 is 9.80 Å². The van der Waals surface area contributed by atoms with E-state index in [2.05, 4.69) is 97.2 Å². The van der Waals surface area contributed by atoms with Gasteiger partial charge in [-0.05, 0) is 33.1 Å². The van der Waals surface area contributed by atoms with Crippen LogP contribution in [0.1, 0.15) is 40.2 Å². The Bertz CT molecular complexity index is 888. The molecule has 0 bridgehead atoms. The van der Waals surface area contributed by atoms with E-state index in [9.17, 15) is 0 Å². The molecule has 1 aromatic rings. The van der Waals surface area contributed by atoms with E-state index in [0.29, 0.717) is 0 Å². The van der Waals surface area contributed by atoms with E-state index in [0.717, 1.165) is 62.3 Å². The number of amidine groups is 1. The molecule has 2 heterocycles. The lowest BCUT2D eigenvalue weighted by molar-refractivity contribution is 0.0395. The molecule has 1 saturated heterocycles. The Balaban J connectivity index is 0.00000154. The zero-order valence-electron chi connectivity index (χ0n) is 24.1. The second kappa shape index (κ2) is 14.6. The molecule has 0 unspecified atom stereocenters. The number of likely N-dealkylation sites (N-methyl/N-ethyl adjacent to an activating group) is 2. The minimum atomic E-state index is 0.203. The normalized spacial score (nSPS) is 16.8. The number of hydrogen-bond acceptors (Lipinski definition) is 7. The van der Waals surface area contributed by atoms with Gasteiger partial charge in [-0.2, -0.15) is 5.10 Å².